The van der Waals surface area contributed by atoms with Crippen LogP contribution in [0.1, 0.15) is 6.42 Å². The number of hydrogen-bond donors (Lipinski definition) is 0. The molecule has 3 rings (SSSR count). The standard InChI is InChI=1S/C17H20N2O3S/c1-18-12-5-13-19(17-7-4-3-6-16(17)18)23(20,21)15-10-8-14(22-2)9-11-15/h3-4,6-11H,5,12-13H2,1-2H3. The van der Waals surface area contributed by atoms with E-state index in [-0.39, 0.29) is 4.90 Å². The number of rotatable bonds is 3. The second-order valence-corrected chi connectivity index (χ2v) is 7.38. The second-order valence-electron chi connectivity index (χ2n) is 5.52. The van der Waals surface area contributed by atoms with Crippen molar-refractivity contribution in [3.8, 4) is 5.75 Å². The van der Waals surface area contributed by atoms with Crippen LogP contribution in [0.25, 0.3) is 0 Å². The van der Waals surface area contributed by atoms with Crippen molar-refractivity contribution >= 4 is 21.4 Å². The molecule has 1 heterocycles. The van der Waals surface area contributed by atoms with Crippen molar-refractivity contribution < 1.29 is 13.2 Å². The molecule has 0 aromatic heterocycles. The Morgan fingerprint density at radius 2 is 1.61 bits per heavy atom. The molecule has 0 atom stereocenters. The van der Waals surface area contributed by atoms with Crippen molar-refractivity contribution in [3.63, 3.8) is 0 Å². The Morgan fingerprint density at radius 3 is 2.26 bits per heavy atom. The Morgan fingerprint density at radius 1 is 0.957 bits per heavy atom. The highest BCUT2D eigenvalue weighted by Crippen LogP contribution is 2.35. The number of fused-ring (bicyclic) bond motifs is 1. The Kier molecular flexibility index (Phi) is 4.17. The Hall–Kier alpha value is -2.21. The van der Waals surface area contributed by atoms with Crippen molar-refractivity contribution in [3.05, 3.63) is 48.5 Å². The molecule has 6 heteroatoms. The van der Waals surface area contributed by atoms with Crippen molar-refractivity contribution in [1.82, 2.24) is 0 Å². The first-order valence-corrected chi connectivity index (χ1v) is 8.95. The Bertz CT molecular complexity index is 788. The van der Waals surface area contributed by atoms with Crippen LogP contribution in [0.5, 0.6) is 5.75 Å². The van der Waals surface area contributed by atoms with Gasteiger partial charge in [0, 0.05) is 20.1 Å². The lowest BCUT2D eigenvalue weighted by atomic mass is 10.2. The molecule has 0 spiro atoms. The van der Waals surface area contributed by atoms with E-state index >= 15 is 0 Å². The van der Waals surface area contributed by atoms with Gasteiger partial charge in [-0.15, -0.1) is 0 Å². The van der Waals surface area contributed by atoms with E-state index in [0.717, 1.165) is 24.3 Å². The van der Waals surface area contributed by atoms with Gasteiger partial charge in [-0.1, -0.05) is 12.1 Å². The van der Waals surface area contributed by atoms with E-state index in [9.17, 15) is 8.42 Å². The molecule has 2 aromatic carbocycles. The van der Waals surface area contributed by atoms with Crippen LogP contribution in [0, 0.1) is 0 Å². The van der Waals surface area contributed by atoms with Crippen LogP contribution in [0.4, 0.5) is 11.4 Å². The van der Waals surface area contributed by atoms with Gasteiger partial charge >= 0.3 is 0 Å². The van der Waals surface area contributed by atoms with Crippen molar-refractivity contribution in [2.75, 3.05) is 36.5 Å². The summed E-state index contributed by atoms with van der Waals surface area (Å²) in [6.07, 6.45) is 0.778. The van der Waals surface area contributed by atoms with Gasteiger partial charge in [-0.2, -0.15) is 0 Å². The van der Waals surface area contributed by atoms with Crippen LogP contribution < -0.4 is 13.9 Å². The first-order chi connectivity index (χ1) is 11.0. The summed E-state index contributed by atoms with van der Waals surface area (Å²) in [5.74, 6) is 0.639. The molecule has 0 saturated carbocycles. The molecule has 0 amide bonds. The summed E-state index contributed by atoms with van der Waals surface area (Å²) in [6.45, 7) is 1.29. The minimum atomic E-state index is -3.60. The fourth-order valence-electron chi connectivity index (χ4n) is 2.81. The first kappa shape index (κ1) is 15.7. The van der Waals surface area contributed by atoms with Gasteiger partial charge in [0.2, 0.25) is 0 Å². The first-order valence-electron chi connectivity index (χ1n) is 7.51. The molecule has 0 bridgehead atoms. The summed E-state index contributed by atoms with van der Waals surface area (Å²) in [6, 6.07) is 14.1. The quantitative estimate of drug-likeness (QED) is 0.867. The van der Waals surface area contributed by atoms with Crippen molar-refractivity contribution in [2.24, 2.45) is 0 Å². The van der Waals surface area contributed by atoms with E-state index in [0.29, 0.717) is 12.3 Å². The average Bonchev–Trinajstić information content (AvgIpc) is 2.75. The fourth-order valence-corrected chi connectivity index (χ4v) is 4.33. The molecule has 0 saturated heterocycles. The van der Waals surface area contributed by atoms with Gasteiger partial charge < -0.3 is 9.64 Å². The van der Waals surface area contributed by atoms with E-state index < -0.39 is 10.0 Å². The molecule has 5 nitrogen and oxygen atoms in total. The lowest BCUT2D eigenvalue weighted by molar-refractivity contribution is 0.414. The highest BCUT2D eigenvalue weighted by atomic mass is 32.2. The summed E-state index contributed by atoms with van der Waals surface area (Å²) < 4.78 is 32.8. The zero-order valence-corrected chi connectivity index (χ0v) is 14.1. The smallest absolute Gasteiger partial charge is 0.264 e. The molecule has 1 aliphatic rings. The van der Waals surface area contributed by atoms with Gasteiger partial charge in [0.25, 0.3) is 10.0 Å². The molecule has 1 aliphatic heterocycles. The maximum absolute atomic E-state index is 13.1. The number of benzene rings is 2. The normalized spacial score (nSPS) is 15.0. The van der Waals surface area contributed by atoms with Gasteiger partial charge in [0.05, 0.1) is 23.4 Å². The van der Waals surface area contributed by atoms with Crippen LogP contribution in [-0.2, 0) is 10.0 Å². The van der Waals surface area contributed by atoms with Crippen LogP contribution in [0.2, 0.25) is 0 Å². The maximum atomic E-state index is 13.1. The third kappa shape index (κ3) is 2.86. The largest absolute Gasteiger partial charge is 0.497 e. The van der Waals surface area contributed by atoms with Gasteiger partial charge in [0.15, 0.2) is 0 Å². The molecule has 0 radical (unpaired) electrons. The highest BCUT2D eigenvalue weighted by molar-refractivity contribution is 7.92. The Labute approximate surface area is 137 Å². The second kappa shape index (κ2) is 6.12. The summed E-state index contributed by atoms with van der Waals surface area (Å²) in [5.41, 5.74) is 1.66. The molecular weight excluding hydrogens is 312 g/mol. The average molecular weight is 332 g/mol. The zero-order chi connectivity index (χ0) is 16.4. The van der Waals surface area contributed by atoms with E-state index in [1.165, 1.54) is 4.31 Å². The van der Waals surface area contributed by atoms with Gasteiger partial charge in [0.1, 0.15) is 5.75 Å². The topological polar surface area (TPSA) is 49.9 Å². The molecule has 0 aliphatic carbocycles. The predicted molar refractivity (Wildman–Crippen MR) is 91.9 cm³/mol. The number of anilines is 2. The highest BCUT2D eigenvalue weighted by Gasteiger charge is 2.29. The lowest BCUT2D eigenvalue weighted by Crippen LogP contribution is -2.31. The molecule has 0 fully saturated rings. The molecule has 23 heavy (non-hydrogen) atoms. The fraction of sp³-hybridized carbons (Fsp3) is 0.294. The van der Waals surface area contributed by atoms with Crippen molar-refractivity contribution in [2.45, 2.75) is 11.3 Å². The minimum absolute atomic E-state index is 0.276. The molecule has 0 N–H and O–H groups in total. The summed E-state index contributed by atoms with van der Waals surface area (Å²) in [5, 5.41) is 0. The lowest BCUT2D eigenvalue weighted by Gasteiger charge is -2.25. The van der Waals surface area contributed by atoms with Crippen LogP contribution in [0.3, 0.4) is 0 Å². The minimum Gasteiger partial charge on any atom is -0.497 e. The van der Waals surface area contributed by atoms with Crippen LogP contribution in [-0.4, -0.2) is 35.7 Å². The molecule has 0 unspecified atom stereocenters. The van der Waals surface area contributed by atoms with E-state index in [2.05, 4.69) is 4.90 Å². The zero-order valence-electron chi connectivity index (χ0n) is 13.3. The summed E-state index contributed by atoms with van der Waals surface area (Å²) in [4.78, 5) is 2.37. The summed E-state index contributed by atoms with van der Waals surface area (Å²) >= 11 is 0. The van der Waals surface area contributed by atoms with Gasteiger partial charge in [-0.25, -0.2) is 8.42 Å². The number of nitrogens with zero attached hydrogens (tertiary/aromatic N) is 2. The van der Waals surface area contributed by atoms with Crippen LogP contribution >= 0.6 is 0 Å². The molecular formula is C17H20N2O3S. The maximum Gasteiger partial charge on any atom is 0.264 e. The number of methoxy groups -OCH3 is 1. The predicted octanol–water partition coefficient (Wildman–Crippen LogP) is 2.73. The number of hydrogen-bond acceptors (Lipinski definition) is 4. The van der Waals surface area contributed by atoms with Crippen molar-refractivity contribution in [1.29, 1.82) is 0 Å². The van der Waals surface area contributed by atoms with E-state index in [4.69, 9.17) is 4.74 Å². The van der Waals surface area contributed by atoms with E-state index in [1.807, 2.05) is 31.3 Å². The Balaban J connectivity index is 2.06. The third-order valence-corrected chi connectivity index (χ3v) is 5.89. The van der Waals surface area contributed by atoms with Crippen LogP contribution in [0.15, 0.2) is 53.4 Å². The summed E-state index contributed by atoms with van der Waals surface area (Å²) in [7, 11) is -0.0477. The van der Waals surface area contributed by atoms with Gasteiger partial charge in [-0.05, 0) is 42.8 Å². The SMILES string of the molecule is COc1ccc(S(=O)(=O)N2CCCN(C)c3ccccc32)cc1. The molecule has 2 aromatic rings. The van der Waals surface area contributed by atoms with E-state index in [1.54, 1.807) is 31.4 Å². The third-order valence-electron chi connectivity index (χ3n) is 4.06. The molecule has 122 valence electrons. The van der Waals surface area contributed by atoms with Gasteiger partial charge in [-0.3, -0.25) is 4.31 Å². The monoisotopic (exact) mass is 332 g/mol. The number of sulfonamides is 1. The number of para-hydroxylation sites is 2. The number of ether oxygens (including phenoxy) is 1.